The maximum Gasteiger partial charge on any atom is 0.341 e. The van der Waals surface area contributed by atoms with Crippen LogP contribution in [-0.2, 0) is 6.42 Å². The van der Waals surface area contributed by atoms with Crippen LogP contribution in [0.15, 0.2) is 47.4 Å². The average Bonchev–Trinajstić information content (AvgIpc) is 2.67. The van der Waals surface area contributed by atoms with E-state index in [0.717, 1.165) is 11.1 Å². The van der Waals surface area contributed by atoms with E-state index in [1.54, 1.807) is 24.4 Å². The van der Waals surface area contributed by atoms with Crippen LogP contribution < -0.4 is 5.56 Å². The molecule has 3 rings (SSSR count). The van der Waals surface area contributed by atoms with Gasteiger partial charge in [0.05, 0.1) is 22.2 Å². The van der Waals surface area contributed by atoms with Crippen LogP contribution in [0.3, 0.4) is 0 Å². The number of carbonyl (C=O) groups is 1. The molecule has 7 heteroatoms. The van der Waals surface area contributed by atoms with Gasteiger partial charge in [0.1, 0.15) is 5.56 Å². The molecule has 1 atom stereocenters. The Morgan fingerprint density at radius 2 is 1.90 bits per heavy atom. The minimum atomic E-state index is -1.30. The van der Waals surface area contributed by atoms with E-state index in [0.29, 0.717) is 27.5 Å². The third-order valence-electron chi connectivity index (χ3n) is 5.11. The smallest absolute Gasteiger partial charge is 0.341 e. The van der Waals surface area contributed by atoms with E-state index in [4.69, 9.17) is 23.2 Å². The van der Waals surface area contributed by atoms with Crippen LogP contribution in [-0.4, -0.2) is 27.2 Å². The Kier molecular flexibility index (Phi) is 6.32. The monoisotopic (exact) mass is 433 g/mol. The molecule has 0 aliphatic heterocycles. The lowest BCUT2D eigenvalue weighted by molar-refractivity contribution is 0.0694. The number of benzene rings is 1. The van der Waals surface area contributed by atoms with E-state index in [9.17, 15) is 19.8 Å². The lowest BCUT2D eigenvalue weighted by Crippen LogP contribution is -2.25. The predicted octanol–water partition coefficient (Wildman–Crippen LogP) is 4.63. The fourth-order valence-electron chi connectivity index (χ4n) is 3.50. The van der Waals surface area contributed by atoms with Crippen LogP contribution in [0.2, 0.25) is 10.0 Å². The lowest BCUT2D eigenvalue weighted by atomic mass is 9.87. The Balaban J connectivity index is 2.21. The lowest BCUT2D eigenvalue weighted by Gasteiger charge is -2.21. The normalized spacial score (nSPS) is 12.5. The topological polar surface area (TPSA) is 79.0 Å². The molecular weight excluding hydrogens is 413 g/mol. The van der Waals surface area contributed by atoms with E-state index in [1.807, 2.05) is 26.0 Å². The molecule has 0 fully saturated rings. The van der Waals surface area contributed by atoms with Crippen molar-refractivity contribution in [1.82, 2.24) is 4.40 Å². The highest BCUT2D eigenvalue weighted by atomic mass is 35.5. The molecule has 2 aromatic heterocycles. The number of aromatic nitrogens is 1. The quantitative estimate of drug-likeness (QED) is 0.593. The van der Waals surface area contributed by atoms with Crippen molar-refractivity contribution in [2.75, 3.05) is 6.61 Å². The van der Waals surface area contributed by atoms with E-state index >= 15 is 0 Å². The number of fused-ring (bicyclic) bond motifs is 1. The Morgan fingerprint density at radius 3 is 2.52 bits per heavy atom. The fourth-order valence-corrected chi connectivity index (χ4v) is 3.88. The van der Waals surface area contributed by atoms with Crippen LogP contribution in [0.5, 0.6) is 0 Å². The highest BCUT2D eigenvalue weighted by Crippen LogP contribution is 2.30. The van der Waals surface area contributed by atoms with Gasteiger partial charge in [-0.2, -0.15) is 0 Å². The molecule has 1 aromatic carbocycles. The first kappa shape index (κ1) is 21.4. The molecule has 0 saturated heterocycles. The highest BCUT2D eigenvalue weighted by Gasteiger charge is 2.22. The van der Waals surface area contributed by atoms with Gasteiger partial charge in [-0.25, -0.2) is 4.79 Å². The van der Waals surface area contributed by atoms with E-state index in [2.05, 4.69) is 0 Å². The van der Waals surface area contributed by atoms with Crippen molar-refractivity contribution >= 4 is 34.7 Å². The molecule has 5 nitrogen and oxygen atoms in total. The summed E-state index contributed by atoms with van der Waals surface area (Å²) in [4.78, 5) is 24.4. The number of carboxylic acid groups (broad SMARTS) is 1. The van der Waals surface area contributed by atoms with Gasteiger partial charge in [0.25, 0.3) is 5.56 Å². The first-order valence-electron chi connectivity index (χ1n) is 9.19. The Labute approximate surface area is 178 Å². The summed E-state index contributed by atoms with van der Waals surface area (Å²) in [6.07, 6.45) is 2.06. The number of aliphatic hydroxyl groups excluding tert-OH is 1. The third-order valence-corrected chi connectivity index (χ3v) is 5.97. The molecule has 152 valence electrons. The largest absolute Gasteiger partial charge is 0.477 e. The predicted molar refractivity (Wildman–Crippen MR) is 115 cm³/mol. The fraction of sp³-hybridized carbons (Fsp3) is 0.273. The second kappa shape index (κ2) is 8.57. The average molecular weight is 434 g/mol. The summed E-state index contributed by atoms with van der Waals surface area (Å²) in [5.41, 5.74) is 1.85. The van der Waals surface area contributed by atoms with Crippen molar-refractivity contribution in [3.05, 3.63) is 85.2 Å². The van der Waals surface area contributed by atoms with Crippen LogP contribution in [0.25, 0.3) is 5.52 Å². The number of rotatable bonds is 6. The standard InChI is InChI=1S/C22H21Cl2NO4/c1-12(2)17(11-26)15-9-16(22(28)29)21(27)25-10-13(6-7-19(15)25)8-14-4-3-5-18(23)20(14)24/h3-7,9-10,12,17,26H,8,11H2,1-2H3,(H,28,29)/t17-/m1/s1. The van der Waals surface area contributed by atoms with Crippen molar-refractivity contribution in [2.24, 2.45) is 5.92 Å². The van der Waals surface area contributed by atoms with Gasteiger partial charge < -0.3 is 10.2 Å². The molecule has 0 radical (unpaired) electrons. The molecule has 0 amide bonds. The summed E-state index contributed by atoms with van der Waals surface area (Å²) in [6.45, 7) is 3.74. The van der Waals surface area contributed by atoms with Crippen molar-refractivity contribution < 1.29 is 15.0 Å². The van der Waals surface area contributed by atoms with Gasteiger partial charge in [0.15, 0.2) is 0 Å². The molecule has 2 heterocycles. The molecule has 0 unspecified atom stereocenters. The summed E-state index contributed by atoms with van der Waals surface area (Å²) in [6, 6.07) is 10.4. The zero-order valence-electron chi connectivity index (χ0n) is 16.0. The first-order valence-corrected chi connectivity index (χ1v) is 9.95. The molecule has 0 spiro atoms. The van der Waals surface area contributed by atoms with Crippen LogP contribution in [0, 0.1) is 5.92 Å². The first-order chi connectivity index (χ1) is 13.7. The van der Waals surface area contributed by atoms with E-state index < -0.39 is 11.5 Å². The number of hydrogen-bond donors (Lipinski definition) is 2. The second-order valence-corrected chi connectivity index (χ2v) is 8.12. The molecule has 0 saturated carbocycles. The van der Waals surface area contributed by atoms with Crippen LogP contribution in [0.1, 0.15) is 46.8 Å². The minimum Gasteiger partial charge on any atom is -0.477 e. The molecule has 0 aliphatic carbocycles. The molecule has 3 aromatic rings. The summed E-state index contributed by atoms with van der Waals surface area (Å²) in [5.74, 6) is -1.53. The molecular formula is C22H21Cl2NO4. The minimum absolute atomic E-state index is 0.0629. The van der Waals surface area contributed by atoms with Crippen LogP contribution in [0.4, 0.5) is 0 Å². The molecule has 2 N–H and O–H groups in total. The van der Waals surface area contributed by atoms with Crippen molar-refractivity contribution in [2.45, 2.75) is 26.2 Å². The molecule has 0 aliphatic rings. The maximum atomic E-state index is 12.8. The van der Waals surface area contributed by atoms with Crippen molar-refractivity contribution in [3.63, 3.8) is 0 Å². The molecule has 29 heavy (non-hydrogen) atoms. The molecule has 0 bridgehead atoms. The summed E-state index contributed by atoms with van der Waals surface area (Å²) < 4.78 is 1.34. The third kappa shape index (κ3) is 4.17. The van der Waals surface area contributed by atoms with Gasteiger partial charge in [-0.15, -0.1) is 0 Å². The Hall–Kier alpha value is -2.34. The van der Waals surface area contributed by atoms with Gasteiger partial charge in [-0.1, -0.05) is 55.2 Å². The number of aromatic carboxylic acids is 1. The second-order valence-electron chi connectivity index (χ2n) is 7.34. The van der Waals surface area contributed by atoms with Crippen molar-refractivity contribution in [1.29, 1.82) is 0 Å². The number of pyridine rings is 2. The van der Waals surface area contributed by atoms with Gasteiger partial charge in [-0.05, 0) is 40.8 Å². The summed E-state index contributed by atoms with van der Waals surface area (Å²) >= 11 is 12.4. The maximum absolute atomic E-state index is 12.8. The SMILES string of the molecule is CC(C)[C@@H](CO)c1cc(C(=O)O)c(=O)n2cc(Cc3cccc(Cl)c3Cl)ccc12. The number of halogens is 2. The zero-order chi connectivity index (χ0) is 21.3. The van der Waals surface area contributed by atoms with Gasteiger partial charge in [-0.3, -0.25) is 9.20 Å². The van der Waals surface area contributed by atoms with E-state index in [-0.39, 0.29) is 24.0 Å². The Bertz CT molecular complexity index is 1140. The van der Waals surface area contributed by atoms with Crippen molar-refractivity contribution in [3.8, 4) is 0 Å². The number of carboxylic acids is 1. The van der Waals surface area contributed by atoms with Gasteiger partial charge in [0, 0.05) is 18.5 Å². The Morgan fingerprint density at radius 1 is 1.17 bits per heavy atom. The number of nitrogens with zero attached hydrogens (tertiary/aromatic N) is 1. The zero-order valence-corrected chi connectivity index (χ0v) is 17.5. The van der Waals surface area contributed by atoms with Gasteiger partial charge in [0.2, 0.25) is 0 Å². The summed E-state index contributed by atoms with van der Waals surface area (Å²) in [5, 5.41) is 20.2. The number of aliphatic hydroxyl groups is 1. The van der Waals surface area contributed by atoms with Gasteiger partial charge >= 0.3 is 5.97 Å². The van der Waals surface area contributed by atoms with E-state index in [1.165, 1.54) is 10.5 Å². The summed E-state index contributed by atoms with van der Waals surface area (Å²) in [7, 11) is 0. The number of hydrogen-bond acceptors (Lipinski definition) is 3. The highest BCUT2D eigenvalue weighted by molar-refractivity contribution is 6.42. The van der Waals surface area contributed by atoms with Crippen LogP contribution >= 0.6 is 23.2 Å².